The van der Waals surface area contributed by atoms with Gasteiger partial charge in [0.2, 0.25) is 0 Å². The van der Waals surface area contributed by atoms with Crippen molar-refractivity contribution in [3.8, 4) is 0 Å². The van der Waals surface area contributed by atoms with Crippen LogP contribution < -0.4 is 5.32 Å². The lowest BCUT2D eigenvalue weighted by Gasteiger charge is -2.39. The smallest absolute Gasteiger partial charge is 0.00930 e. The fraction of sp³-hybridized carbons (Fsp3) is 1.00. The summed E-state index contributed by atoms with van der Waals surface area (Å²) in [5.41, 5.74) is 0.574. The Balaban J connectivity index is 2.23. The minimum atomic E-state index is 0.574. The van der Waals surface area contributed by atoms with E-state index in [0.29, 0.717) is 5.41 Å². The summed E-state index contributed by atoms with van der Waals surface area (Å²) in [5, 5.41) is 4.56. The Morgan fingerprint density at radius 1 is 1.44 bits per heavy atom. The molecule has 3 unspecified atom stereocenters. The van der Waals surface area contributed by atoms with Gasteiger partial charge in [-0.3, -0.25) is 0 Å². The summed E-state index contributed by atoms with van der Waals surface area (Å²) in [7, 11) is 0. The van der Waals surface area contributed by atoms with E-state index in [9.17, 15) is 0 Å². The first-order valence-corrected chi connectivity index (χ1v) is 7.99. The van der Waals surface area contributed by atoms with Gasteiger partial charge in [0, 0.05) is 11.3 Å². The summed E-state index contributed by atoms with van der Waals surface area (Å²) in [6.45, 7) is 10.7. The highest BCUT2D eigenvalue weighted by molar-refractivity contribution is 7.99. The molecule has 0 heterocycles. The Kier molecular flexibility index (Phi) is 5.66. The van der Waals surface area contributed by atoms with Crippen molar-refractivity contribution in [2.45, 2.75) is 64.7 Å². The minimum Gasteiger partial charge on any atom is -0.314 e. The number of rotatable bonds is 5. The highest BCUT2D eigenvalue weighted by Gasteiger charge is 2.31. The van der Waals surface area contributed by atoms with Crippen LogP contribution in [0.25, 0.3) is 0 Å². The fourth-order valence-corrected chi connectivity index (χ4v) is 3.19. The third-order valence-corrected chi connectivity index (χ3v) is 5.09. The molecule has 0 spiro atoms. The van der Waals surface area contributed by atoms with Gasteiger partial charge in [0.15, 0.2) is 0 Å². The summed E-state index contributed by atoms with van der Waals surface area (Å²) < 4.78 is 0. The Morgan fingerprint density at radius 3 is 2.69 bits per heavy atom. The van der Waals surface area contributed by atoms with E-state index in [-0.39, 0.29) is 0 Å². The van der Waals surface area contributed by atoms with Crippen molar-refractivity contribution < 1.29 is 0 Å². The summed E-state index contributed by atoms with van der Waals surface area (Å²) in [6.07, 6.45) is 7.63. The SMILES string of the molecule is CSC(C)CCNC1CCC(C)(C)CC1C. The first-order valence-electron chi connectivity index (χ1n) is 6.71. The lowest BCUT2D eigenvalue weighted by atomic mass is 9.70. The Hall–Kier alpha value is 0.310. The Morgan fingerprint density at radius 2 is 2.12 bits per heavy atom. The molecule has 0 saturated heterocycles. The molecule has 1 aliphatic rings. The van der Waals surface area contributed by atoms with Gasteiger partial charge in [0.05, 0.1) is 0 Å². The average molecular weight is 243 g/mol. The predicted octanol–water partition coefficient (Wildman–Crippen LogP) is 3.93. The van der Waals surface area contributed by atoms with Crippen LogP contribution in [0.1, 0.15) is 53.4 Å². The van der Waals surface area contributed by atoms with Gasteiger partial charge in [0.1, 0.15) is 0 Å². The van der Waals surface area contributed by atoms with E-state index in [2.05, 4.69) is 39.3 Å². The molecule has 1 saturated carbocycles. The normalized spacial score (nSPS) is 31.3. The van der Waals surface area contributed by atoms with Crippen LogP contribution >= 0.6 is 11.8 Å². The molecule has 0 aromatic carbocycles. The molecule has 0 radical (unpaired) electrons. The topological polar surface area (TPSA) is 12.0 Å². The molecule has 3 atom stereocenters. The maximum absolute atomic E-state index is 3.76. The monoisotopic (exact) mass is 243 g/mol. The van der Waals surface area contributed by atoms with Crippen LogP contribution in [0.4, 0.5) is 0 Å². The highest BCUT2D eigenvalue weighted by atomic mass is 32.2. The van der Waals surface area contributed by atoms with E-state index in [0.717, 1.165) is 17.2 Å². The summed E-state index contributed by atoms with van der Waals surface area (Å²) in [4.78, 5) is 0. The molecule has 2 heteroatoms. The molecule has 0 aliphatic heterocycles. The molecule has 16 heavy (non-hydrogen) atoms. The molecule has 1 aliphatic carbocycles. The van der Waals surface area contributed by atoms with E-state index in [1.165, 1.54) is 32.2 Å². The zero-order valence-corrected chi connectivity index (χ0v) is 12.5. The molecule has 1 fully saturated rings. The van der Waals surface area contributed by atoms with Crippen LogP contribution in [-0.4, -0.2) is 24.1 Å². The number of hydrogen-bond acceptors (Lipinski definition) is 2. The lowest BCUT2D eigenvalue weighted by molar-refractivity contribution is 0.149. The third-order valence-electron chi connectivity index (χ3n) is 4.05. The average Bonchev–Trinajstić information content (AvgIpc) is 2.20. The van der Waals surface area contributed by atoms with Crippen molar-refractivity contribution in [3.05, 3.63) is 0 Å². The molecule has 0 amide bonds. The van der Waals surface area contributed by atoms with Crippen molar-refractivity contribution in [1.29, 1.82) is 0 Å². The van der Waals surface area contributed by atoms with Crippen LogP contribution in [0.15, 0.2) is 0 Å². The van der Waals surface area contributed by atoms with Crippen molar-refractivity contribution >= 4 is 11.8 Å². The number of hydrogen-bond donors (Lipinski definition) is 1. The first kappa shape index (κ1) is 14.4. The summed E-state index contributed by atoms with van der Waals surface area (Å²) >= 11 is 1.97. The molecular formula is C14H29NS. The second kappa shape index (κ2) is 6.30. The molecule has 0 aromatic rings. The van der Waals surface area contributed by atoms with Gasteiger partial charge in [-0.25, -0.2) is 0 Å². The second-order valence-corrected chi connectivity index (χ2v) is 7.56. The van der Waals surface area contributed by atoms with Gasteiger partial charge in [-0.15, -0.1) is 0 Å². The molecule has 0 aromatic heterocycles. The standard InChI is InChI=1S/C14H29NS/c1-11-10-14(3,4)8-6-13(11)15-9-7-12(2)16-5/h11-13,15H,6-10H2,1-5H3. The quantitative estimate of drug-likeness (QED) is 0.785. The van der Waals surface area contributed by atoms with Crippen molar-refractivity contribution in [3.63, 3.8) is 0 Å². The largest absolute Gasteiger partial charge is 0.314 e. The highest BCUT2D eigenvalue weighted by Crippen LogP contribution is 2.38. The molecule has 96 valence electrons. The molecule has 1 rings (SSSR count). The molecular weight excluding hydrogens is 214 g/mol. The third kappa shape index (κ3) is 4.67. The van der Waals surface area contributed by atoms with Gasteiger partial charge in [-0.05, 0) is 49.8 Å². The van der Waals surface area contributed by atoms with Gasteiger partial charge in [0.25, 0.3) is 0 Å². The summed E-state index contributed by atoms with van der Waals surface area (Å²) in [5.74, 6) is 0.841. The molecule has 1 N–H and O–H groups in total. The van der Waals surface area contributed by atoms with Crippen LogP contribution in [0, 0.1) is 11.3 Å². The maximum Gasteiger partial charge on any atom is 0.00930 e. The number of nitrogens with one attached hydrogen (secondary N) is 1. The van der Waals surface area contributed by atoms with E-state index in [4.69, 9.17) is 0 Å². The van der Waals surface area contributed by atoms with Crippen molar-refractivity contribution in [2.75, 3.05) is 12.8 Å². The van der Waals surface area contributed by atoms with Gasteiger partial charge >= 0.3 is 0 Å². The van der Waals surface area contributed by atoms with Crippen LogP contribution in [0.3, 0.4) is 0 Å². The van der Waals surface area contributed by atoms with Crippen LogP contribution in [-0.2, 0) is 0 Å². The van der Waals surface area contributed by atoms with Gasteiger partial charge in [-0.1, -0.05) is 27.7 Å². The molecule has 1 nitrogen and oxygen atoms in total. The van der Waals surface area contributed by atoms with E-state index in [1.54, 1.807) is 0 Å². The first-order chi connectivity index (χ1) is 7.44. The van der Waals surface area contributed by atoms with E-state index >= 15 is 0 Å². The Bertz CT molecular complexity index is 203. The van der Waals surface area contributed by atoms with Gasteiger partial charge in [-0.2, -0.15) is 11.8 Å². The van der Waals surface area contributed by atoms with Crippen LogP contribution in [0.5, 0.6) is 0 Å². The zero-order chi connectivity index (χ0) is 12.2. The van der Waals surface area contributed by atoms with Crippen LogP contribution in [0.2, 0.25) is 0 Å². The van der Waals surface area contributed by atoms with E-state index < -0.39 is 0 Å². The van der Waals surface area contributed by atoms with Crippen molar-refractivity contribution in [2.24, 2.45) is 11.3 Å². The fourth-order valence-electron chi connectivity index (χ4n) is 2.84. The molecule has 0 bridgehead atoms. The minimum absolute atomic E-state index is 0.574. The summed E-state index contributed by atoms with van der Waals surface area (Å²) in [6, 6.07) is 0.766. The van der Waals surface area contributed by atoms with Gasteiger partial charge < -0.3 is 5.32 Å². The predicted molar refractivity (Wildman–Crippen MR) is 76.2 cm³/mol. The zero-order valence-electron chi connectivity index (χ0n) is 11.7. The second-order valence-electron chi connectivity index (χ2n) is 6.28. The van der Waals surface area contributed by atoms with Crippen molar-refractivity contribution in [1.82, 2.24) is 5.32 Å². The maximum atomic E-state index is 3.76. The number of thioether (sulfide) groups is 1. The Labute approximate surface area is 106 Å². The lowest BCUT2D eigenvalue weighted by Crippen LogP contribution is -2.42. The van der Waals surface area contributed by atoms with E-state index in [1.807, 2.05) is 11.8 Å².